The fraction of sp³-hybridized carbons (Fsp3) is 0.769. The third-order valence-corrected chi connectivity index (χ3v) is 3.03. The first-order chi connectivity index (χ1) is 8.91. The molecule has 0 aromatic carbocycles. The van der Waals surface area contributed by atoms with Gasteiger partial charge in [0.05, 0.1) is 18.0 Å². The largest absolute Gasteiger partial charge is 0.481 e. The summed E-state index contributed by atoms with van der Waals surface area (Å²) >= 11 is 0. The quantitative estimate of drug-likeness (QED) is 0.716. The normalized spacial score (nSPS) is 13.3. The smallest absolute Gasteiger partial charge is 0.410 e. The third kappa shape index (κ3) is 5.46. The number of likely N-dealkylation sites (N-methyl/N-ethyl adjacent to an activating group) is 1. The summed E-state index contributed by atoms with van der Waals surface area (Å²) in [6.07, 6.45) is -0.442. The number of carboxylic acids is 1. The van der Waals surface area contributed by atoms with E-state index >= 15 is 0 Å². The summed E-state index contributed by atoms with van der Waals surface area (Å²) in [7, 11) is 1.51. The molecule has 0 rings (SSSR count). The molecule has 20 heavy (non-hydrogen) atoms. The number of nitrogens with zero attached hydrogens (tertiary/aromatic N) is 1. The number of hydrogen-bond acceptors (Lipinski definition) is 4. The number of amides is 2. The second-order valence-corrected chi connectivity index (χ2v) is 6.13. The lowest BCUT2D eigenvalue weighted by Crippen LogP contribution is -2.59. The average Bonchev–Trinajstić information content (AvgIpc) is 2.24. The molecule has 0 heterocycles. The van der Waals surface area contributed by atoms with E-state index in [1.54, 1.807) is 34.6 Å². The van der Waals surface area contributed by atoms with Crippen molar-refractivity contribution in [3.05, 3.63) is 0 Å². The summed E-state index contributed by atoms with van der Waals surface area (Å²) in [6, 6.07) is -0.727. The molecule has 7 heteroatoms. The van der Waals surface area contributed by atoms with E-state index < -0.39 is 29.2 Å². The first-order valence-electron chi connectivity index (χ1n) is 6.30. The van der Waals surface area contributed by atoms with Crippen molar-refractivity contribution in [2.45, 2.75) is 58.2 Å². The highest BCUT2D eigenvalue weighted by atomic mass is 16.6. The van der Waals surface area contributed by atoms with E-state index in [0.717, 1.165) is 0 Å². The van der Waals surface area contributed by atoms with Crippen molar-refractivity contribution >= 4 is 18.5 Å². The standard InChI is InChI=1S/C13H24N2O5/c1-12(2,3)20-11(19)15(6)13(4,5)9(14-8-16)7-10(17)18/h8-9H,7H2,1-6H3,(H,14,16)(H,17,18). The van der Waals surface area contributed by atoms with Crippen LogP contribution in [0.2, 0.25) is 0 Å². The number of nitrogens with one attached hydrogen (secondary N) is 1. The Morgan fingerprint density at radius 3 is 2.15 bits per heavy atom. The second-order valence-electron chi connectivity index (χ2n) is 6.13. The van der Waals surface area contributed by atoms with Crippen molar-refractivity contribution in [3.8, 4) is 0 Å². The number of aliphatic carboxylic acids is 1. The van der Waals surface area contributed by atoms with Crippen LogP contribution in [0, 0.1) is 0 Å². The molecule has 0 spiro atoms. The summed E-state index contributed by atoms with van der Waals surface area (Å²) in [5, 5.41) is 11.3. The maximum atomic E-state index is 12.0. The highest BCUT2D eigenvalue weighted by molar-refractivity contribution is 5.71. The Hall–Kier alpha value is -1.79. The van der Waals surface area contributed by atoms with Crippen LogP contribution < -0.4 is 5.32 Å². The van der Waals surface area contributed by atoms with Crippen molar-refractivity contribution < 1.29 is 24.2 Å². The van der Waals surface area contributed by atoms with E-state index in [-0.39, 0.29) is 6.42 Å². The van der Waals surface area contributed by atoms with Crippen molar-refractivity contribution in [3.63, 3.8) is 0 Å². The van der Waals surface area contributed by atoms with E-state index in [4.69, 9.17) is 9.84 Å². The van der Waals surface area contributed by atoms with Crippen LogP contribution in [0.25, 0.3) is 0 Å². The zero-order valence-corrected chi connectivity index (χ0v) is 12.9. The lowest BCUT2D eigenvalue weighted by Gasteiger charge is -2.41. The van der Waals surface area contributed by atoms with Gasteiger partial charge in [0.1, 0.15) is 5.60 Å². The lowest BCUT2D eigenvalue weighted by molar-refractivity contribution is -0.138. The SMILES string of the molecule is CN(C(=O)OC(C)(C)C)C(C)(C)C(CC(=O)O)NC=O. The number of hydrogen-bond donors (Lipinski definition) is 2. The Morgan fingerprint density at radius 1 is 1.30 bits per heavy atom. The van der Waals surface area contributed by atoms with Crippen LogP contribution in [0.3, 0.4) is 0 Å². The summed E-state index contributed by atoms with van der Waals surface area (Å²) in [5.74, 6) is -1.06. The number of carbonyl (C=O) groups excluding carboxylic acids is 2. The molecule has 0 bridgehead atoms. The molecule has 2 N–H and O–H groups in total. The fourth-order valence-electron chi connectivity index (χ4n) is 1.57. The van der Waals surface area contributed by atoms with Crippen LogP contribution in [-0.4, -0.2) is 52.7 Å². The van der Waals surface area contributed by atoms with E-state index in [0.29, 0.717) is 6.41 Å². The Labute approximate surface area is 119 Å². The monoisotopic (exact) mass is 288 g/mol. The van der Waals surface area contributed by atoms with Gasteiger partial charge < -0.3 is 20.1 Å². The number of ether oxygens (including phenoxy) is 1. The minimum absolute atomic E-state index is 0.293. The van der Waals surface area contributed by atoms with Gasteiger partial charge >= 0.3 is 12.1 Å². The van der Waals surface area contributed by atoms with Gasteiger partial charge in [-0.15, -0.1) is 0 Å². The van der Waals surface area contributed by atoms with E-state index in [2.05, 4.69) is 5.32 Å². The molecule has 0 radical (unpaired) electrons. The average molecular weight is 288 g/mol. The maximum Gasteiger partial charge on any atom is 0.410 e. The predicted molar refractivity (Wildman–Crippen MR) is 73.3 cm³/mol. The first-order valence-corrected chi connectivity index (χ1v) is 6.30. The Balaban J connectivity index is 5.08. The number of carboxylic acid groups (broad SMARTS) is 1. The Bertz CT molecular complexity index is 373. The predicted octanol–water partition coefficient (Wildman–Crippen LogP) is 1.22. The van der Waals surface area contributed by atoms with Crippen molar-refractivity contribution in [2.75, 3.05) is 7.05 Å². The minimum atomic E-state index is -1.06. The van der Waals surface area contributed by atoms with E-state index in [1.807, 2.05) is 0 Å². The zero-order chi connectivity index (χ0) is 16.1. The van der Waals surface area contributed by atoms with Crippen molar-refractivity contribution in [1.82, 2.24) is 10.2 Å². The molecule has 7 nitrogen and oxygen atoms in total. The van der Waals surface area contributed by atoms with Gasteiger partial charge in [0.2, 0.25) is 6.41 Å². The molecular formula is C13H24N2O5. The van der Waals surface area contributed by atoms with Crippen LogP contribution in [0.1, 0.15) is 41.0 Å². The van der Waals surface area contributed by atoms with Gasteiger partial charge in [0.25, 0.3) is 0 Å². The van der Waals surface area contributed by atoms with Gasteiger partial charge in [0.15, 0.2) is 0 Å². The molecule has 0 aliphatic heterocycles. The fourth-order valence-corrected chi connectivity index (χ4v) is 1.57. The highest BCUT2D eigenvalue weighted by Crippen LogP contribution is 2.22. The summed E-state index contributed by atoms with van der Waals surface area (Å²) in [5.41, 5.74) is -1.57. The van der Waals surface area contributed by atoms with Gasteiger partial charge in [-0.25, -0.2) is 4.79 Å². The Kier molecular flexibility index (Phi) is 5.99. The molecule has 0 saturated heterocycles. The third-order valence-electron chi connectivity index (χ3n) is 3.03. The van der Waals surface area contributed by atoms with Crippen LogP contribution in [0.4, 0.5) is 4.79 Å². The molecule has 1 atom stereocenters. The minimum Gasteiger partial charge on any atom is -0.481 e. The highest BCUT2D eigenvalue weighted by Gasteiger charge is 2.39. The molecule has 0 aromatic rings. The molecule has 0 saturated carbocycles. The van der Waals surface area contributed by atoms with Crippen LogP contribution in [0.5, 0.6) is 0 Å². The zero-order valence-electron chi connectivity index (χ0n) is 12.9. The number of rotatable bonds is 6. The van der Waals surface area contributed by atoms with Crippen LogP contribution in [-0.2, 0) is 14.3 Å². The molecule has 2 amide bonds. The molecule has 0 aromatic heterocycles. The molecule has 0 aliphatic rings. The van der Waals surface area contributed by atoms with Gasteiger partial charge in [-0.2, -0.15) is 0 Å². The van der Waals surface area contributed by atoms with Gasteiger partial charge in [-0.1, -0.05) is 0 Å². The van der Waals surface area contributed by atoms with Gasteiger partial charge in [-0.3, -0.25) is 9.59 Å². The summed E-state index contributed by atoms with van der Waals surface area (Å²) in [6.45, 7) is 8.56. The lowest BCUT2D eigenvalue weighted by atomic mass is 9.90. The topological polar surface area (TPSA) is 95.9 Å². The summed E-state index contributed by atoms with van der Waals surface area (Å²) < 4.78 is 5.24. The van der Waals surface area contributed by atoms with Crippen LogP contribution >= 0.6 is 0 Å². The molecule has 116 valence electrons. The molecule has 0 fully saturated rings. The molecular weight excluding hydrogens is 264 g/mol. The maximum absolute atomic E-state index is 12.0. The van der Waals surface area contributed by atoms with Crippen molar-refractivity contribution in [1.29, 1.82) is 0 Å². The van der Waals surface area contributed by atoms with Gasteiger partial charge in [0, 0.05) is 7.05 Å². The van der Waals surface area contributed by atoms with Gasteiger partial charge in [-0.05, 0) is 34.6 Å². The first kappa shape index (κ1) is 18.2. The van der Waals surface area contributed by atoms with E-state index in [1.165, 1.54) is 11.9 Å². The van der Waals surface area contributed by atoms with E-state index in [9.17, 15) is 14.4 Å². The Morgan fingerprint density at radius 2 is 1.80 bits per heavy atom. The van der Waals surface area contributed by atoms with Crippen LogP contribution in [0.15, 0.2) is 0 Å². The van der Waals surface area contributed by atoms with Crippen molar-refractivity contribution in [2.24, 2.45) is 0 Å². The number of carbonyl (C=O) groups is 3. The second kappa shape index (κ2) is 6.58. The molecule has 1 unspecified atom stereocenters. The summed E-state index contributed by atoms with van der Waals surface area (Å²) in [4.78, 5) is 34.8. The molecule has 0 aliphatic carbocycles.